The molecule has 0 aliphatic rings. The number of thiazole rings is 1. The fourth-order valence-corrected chi connectivity index (χ4v) is 2.76. The van der Waals surface area contributed by atoms with Crippen LogP contribution in [0.15, 0.2) is 35.2 Å². The molecule has 7 heteroatoms. The second-order valence-electron chi connectivity index (χ2n) is 4.09. The summed E-state index contributed by atoms with van der Waals surface area (Å²) in [5, 5.41) is 3.79. The number of carbonyl (C=O) groups is 1. The Hall–Kier alpha value is -1.86. The molecule has 0 spiro atoms. The van der Waals surface area contributed by atoms with Crippen LogP contribution < -0.4 is 5.32 Å². The van der Waals surface area contributed by atoms with Crippen molar-refractivity contribution in [1.29, 1.82) is 0 Å². The van der Waals surface area contributed by atoms with Crippen molar-refractivity contribution < 1.29 is 4.79 Å². The summed E-state index contributed by atoms with van der Waals surface area (Å²) in [7, 11) is 0. The number of anilines is 1. The number of benzene rings is 1. The molecule has 0 fully saturated rings. The van der Waals surface area contributed by atoms with E-state index in [1.165, 1.54) is 12.4 Å². The molecular weight excluding hydrogens is 340 g/mol. The minimum Gasteiger partial charge on any atom is -0.321 e. The third-order valence-corrected chi connectivity index (χ3v) is 3.97. The molecule has 0 aliphatic heterocycles. The fourth-order valence-electron chi connectivity index (χ4n) is 1.75. The van der Waals surface area contributed by atoms with E-state index in [9.17, 15) is 4.79 Å². The lowest BCUT2D eigenvalue weighted by Gasteiger charge is -2.04. The normalized spacial score (nSPS) is 10.7. The minimum absolute atomic E-state index is 0.266. The molecule has 20 heavy (non-hydrogen) atoms. The molecule has 2 heterocycles. The van der Waals surface area contributed by atoms with Crippen molar-refractivity contribution in [1.82, 2.24) is 15.0 Å². The Bertz CT molecular complexity index is 785. The first-order valence-corrected chi connectivity index (χ1v) is 7.39. The van der Waals surface area contributed by atoms with E-state index in [1.807, 2.05) is 25.1 Å². The number of carbonyl (C=O) groups excluding carboxylic acids is 1. The molecule has 0 atom stereocenters. The lowest BCUT2D eigenvalue weighted by Crippen LogP contribution is -2.13. The molecule has 2 aromatic heterocycles. The van der Waals surface area contributed by atoms with E-state index < -0.39 is 0 Å². The van der Waals surface area contributed by atoms with Crippen LogP contribution in [-0.2, 0) is 0 Å². The first-order valence-electron chi connectivity index (χ1n) is 5.78. The van der Waals surface area contributed by atoms with Crippen LogP contribution in [0.1, 0.15) is 15.5 Å². The second-order valence-corrected chi connectivity index (χ2v) is 6.14. The molecule has 0 unspecified atom stereocenters. The van der Waals surface area contributed by atoms with E-state index in [0.29, 0.717) is 10.3 Å². The van der Waals surface area contributed by atoms with Gasteiger partial charge in [-0.1, -0.05) is 0 Å². The topological polar surface area (TPSA) is 67.8 Å². The van der Waals surface area contributed by atoms with Gasteiger partial charge in [0.2, 0.25) is 0 Å². The Balaban J connectivity index is 1.84. The Morgan fingerprint density at radius 3 is 2.90 bits per heavy atom. The van der Waals surface area contributed by atoms with Crippen LogP contribution >= 0.6 is 27.3 Å². The van der Waals surface area contributed by atoms with Crippen LogP contribution in [0.3, 0.4) is 0 Å². The summed E-state index contributed by atoms with van der Waals surface area (Å²) in [6.45, 7) is 1.96. The minimum atomic E-state index is -0.295. The van der Waals surface area contributed by atoms with Gasteiger partial charge in [-0.3, -0.25) is 4.79 Å². The van der Waals surface area contributed by atoms with Gasteiger partial charge in [0.25, 0.3) is 5.91 Å². The highest BCUT2D eigenvalue weighted by Crippen LogP contribution is 2.24. The standard InChI is InChI=1S/C13H9BrN4OS/c1-7-17-9-4-8(2-3-11(9)20-7)18-13(19)10-5-16-12(14)6-15-10/h2-6H,1H3,(H,18,19). The summed E-state index contributed by atoms with van der Waals surface area (Å²) < 4.78 is 1.69. The van der Waals surface area contributed by atoms with E-state index in [4.69, 9.17) is 0 Å². The molecule has 0 radical (unpaired) electrons. The van der Waals surface area contributed by atoms with E-state index >= 15 is 0 Å². The zero-order valence-corrected chi connectivity index (χ0v) is 12.8. The van der Waals surface area contributed by atoms with Crippen LogP contribution in [-0.4, -0.2) is 20.9 Å². The first-order chi connectivity index (χ1) is 9.61. The Morgan fingerprint density at radius 1 is 1.30 bits per heavy atom. The third-order valence-electron chi connectivity index (χ3n) is 2.61. The van der Waals surface area contributed by atoms with Crippen molar-refractivity contribution in [3.63, 3.8) is 0 Å². The average molecular weight is 349 g/mol. The summed E-state index contributed by atoms with van der Waals surface area (Å²) >= 11 is 4.80. The highest BCUT2D eigenvalue weighted by molar-refractivity contribution is 9.10. The number of halogens is 1. The van der Waals surface area contributed by atoms with Crippen molar-refractivity contribution in [3.05, 3.63) is 45.9 Å². The predicted molar refractivity (Wildman–Crippen MR) is 82.0 cm³/mol. The number of hydrogen-bond donors (Lipinski definition) is 1. The van der Waals surface area contributed by atoms with Gasteiger partial charge >= 0.3 is 0 Å². The number of aryl methyl sites for hydroxylation is 1. The number of fused-ring (bicyclic) bond motifs is 1. The summed E-state index contributed by atoms with van der Waals surface area (Å²) in [4.78, 5) is 24.4. The Kier molecular flexibility index (Phi) is 3.45. The fraction of sp³-hybridized carbons (Fsp3) is 0.0769. The van der Waals surface area contributed by atoms with Crippen LogP contribution in [0.4, 0.5) is 5.69 Å². The highest BCUT2D eigenvalue weighted by atomic mass is 79.9. The zero-order chi connectivity index (χ0) is 14.1. The van der Waals surface area contributed by atoms with Gasteiger partial charge in [0, 0.05) is 5.69 Å². The van der Waals surface area contributed by atoms with Crippen molar-refractivity contribution in [3.8, 4) is 0 Å². The van der Waals surface area contributed by atoms with Crippen molar-refractivity contribution in [2.45, 2.75) is 6.92 Å². The van der Waals surface area contributed by atoms with Crippen LogP contribution in [0.25, 0.3) is 10.2 Å². The first kappa shape index (κ1) is 13.1. The molecule has 0 bridgehead atoms. The molecule has 1 aromatic carbocycles. The number of hydrogen-bond acceptors (Lipinski definition) is 5. The lowest BCUT2D eigenvalue weighted by molar-refractivity contribution is 0.102. The number of aromatic nitrogens is 3. The second kappa shape index (κ2) is 5.26. The zero-order valence-electron chi connectivity index (χ0n) is 10.4. The number of nitrogens with zero attached hydrogens (tertiary/aromatic N) is 3. The van der Waals surface area contributed by atoms with Gasteiger partial charge in [0.05, 0.1) is 27.6 Å². The van der Waals surface area contributed by atoms with Gasteiger partial charge in [-0.25, -0.2) is 15.0 Å². The van der Waals surface area contributed by atoms with Gasteiger partial charge < -0.3 is 5.32 Å². The van der Waals surface area contributed by atoms with Gasteiger partial charge in [-0.05, 0) is 41.1 Å². The van der Waals surface area contributed by atoms with E-state index in [1.54, 1.807) is 11.3 Å². The maximum absolute atomic E-state index is 12.0. The summed E-state index contributed by atoms with van der Waals surface area (Å²) in [5.41, 5.74) is 1.84. The summed E-state index contributed by atoms with van der Waals surface area (Å²) in [5.74, 6) is -0.295. The smallest absolute Gasteiger partial charge is 0.275 e. The molecular formula is C13H9BrN4OS. The van der Waals surface area contributed by atoms with E-state index in [0.717, 1.165) is 15.2 Å². The van der Waals surface area contributed by atoms with Crippen LogP contribution in [0, 0.1) is 6.92 Å². The molecule has 0 aliphatic carbocycles. The molecule has 3 aromatic rings. The molecule has 1 amide bonds. The van der Waals surface area contributed by atoms with Crippen LogP contribution in [0.2, 0.25) is 0 Å². The van der Waals surface area contributed by atoms with Crippen molar-refractivity contribution in [2.24, 2.45) is 0 Å². The summed E-state index contributed by atoms with van der Waals surface area (Å²) in [6.07, 6.45) is 2.91. The third kappa shape index (κ3) is 2.68. The number of amides is 1. The van der Waals surface area contributed by atoms with E-state index in [-0.39, 0.29) is 11.6 Å². The maximum atomic E-state index is 12.0. The van der Waals surface area contributed by atoms with Crippen LogP contribution in [0.5, 0.6) is 0 Å². The molecule has 1 N–H and O–H groups in total. The Labute approximate surface area is 127 Å². The number of rotatable bonds is 2. The van der Waals surface area contributed by atoms with Gasteiger partial charge in [0.15, 0.2) is 0 Å². The molecule has 100 valence electrons. The SMILES string of the molecule is Cc1nc2cc(NC(=O)c3cnc(Br)cn3)ccc2s1. The lowest BCUT2D eigenvalue weighted by atomic mass is 10.3. The largest absolute Gasteiger partial charge is 0.321 e. The molecule has 0 saturated heterocycles. The quantitative estimate of drug-likeness (QED) is 0.770. The predicted octanol–water partition coefficient (Wildman–Crippen LogP) is 3.41. The molecule has 5 nitrogen and oxygen atoms in total. The van der Waals surface area contributed by atoms with Gasteiger partial charge in [-0.15, -0.1) is 11.3 Å². The molecule has 3 rings (SSSR count). The molecule has 0 saturated carbocycles. The van der Waals surface area contributed by atoms with E-state index in [2.05, 4.69) is 36.2 Å². The Morgan fingerprint density at radius 2 is 2.15 bits per heavy atom. The van der Waals surface area contributed by atoms with Crippen molar-refractivity contribution >= 4 is 49.1 Å². The van der Waals surface area contributed by atoms with Gasteiger partial charge in [-0.2, -0.15) is 0 Å². The summed E-state index contributed by atoms with van der Waals surface area (Å²) in [6, 6.07) is 5.65. The monoisotopic (exact) mass is 348 g/mol. The van der Waals surface area contributed by atoms with Crippen molar-refractivity contribution in [2.75, 3.05) is 5.32 Å². The maximum Gasteiger partial charge on any atom is 0.275 e. The van der Waals surface area contributed by atoms with Gasteiger partial charge in [0.1, 0.15) is 10.3 Å². The number of nitrogens with one attached hydrogen (secondary N) is 1. The average Bonchev–Trinajstić information content (AvgIpc) is 2.78. The highest BCUT2D eigenvalue weighted by Gasteiger charge is 2.09.